The molecule has 690 valence electrons. The molecule has 9 nitrogen and oxygen atoms in total. The van der Waals surface area contributed by atoms with Crippen LogP contribution in [0.4, 0.5) is 0 Å². The summed E-state index contributed by atoms with van der Waals surface area (Å²) in [5.41, 5.74) is 30.7. The summed E-state index contributed by atoms with van der Waals surface area (Å²) in [5, 5.41) is 6.60. The first-order valence-corrected chi connectivity index (χ1v) is 55.8. The minimum absolute atomic E-state index is 0.107. The molecular formula is C117H138O9P6. The Morgan fingerprint density at radius 3 is 0.477 bits per heavy atom. The van der Waals surface area contributed by atoms with E-state index in [1.165, 1.54) is 139 Å². The molecule has 0 amide bonds. The van der Waals surface area contributed by atoms with E-state index in [0.29, 0.717) is 53.0 Å². The summed E-state index contributed by atoms with van der Waals surface area (Å²) in [6, 6.07) is 93.4. The molecule has 7 atom stereocenters. The molecule has 0 radical (unpaired) electrons. The standard InChI is InChI=1S/3C39H46O3P2/c3*1-26-21-30-31-22-27(2)24-33(39(6,7)8)37(31)42-44(41-36(30)32(23-26)38(3,4)5)40-25-43-34(28-15-11-9-12-16-28)19-20-35(43)29-17-13-10-14-18-29/h3*9-18,21-24,34-35H,19-20,25H2,1-8H3/t34-,35+,43?;2*34-,35-/m.00/s1. The van der Waals surface area contributed by atoms with Crippen molar-refractivity contribution in [2.45, 2.75) is 271 Å². The van der Waals surface area contributed by atoms with Gasteiger partial charge in [-0.25, -0.2) is 0 Å². The molecule has 6 heterocycles. The lowest BCUT2D eigenvalue weighted by molar-refractivity contribution is 0.429. The summed E-state index contributed by atoms with van der Waals surface area (Å²) in [7, 11) is -6.67. The zero-order valence-electron chi connectivity index (χ0n) is 82.4. The van der Waals surface area contributed by atoms with Gasteiger partial charge in [0.25, 0.3) is 0 Å². The molecule has 1 unspecified atom stereocenters. The second-order valence-electron chi connectivity index (χ2n) is 43.5. The van der Waals surface area contributed by atoms with Gasteiger partial charge in [0, 0.05) is 99.7 Å². The summed E-state index contributed by atoms with van der Waals surface area (Å²) < 4.78 is 62.3. The fourth-order valence-electron chi connectivity index (χ4n) is 20.1. The predicted molar refractivity (Wildman–Crippen MR) is 567 cm³/mol. The lowest BCUT2D eigenvalue weighted by Gasteiger charge is -2.26. The molecule has 0 bridgehead atoms. The van der Waals surface area contributed by atoms with Crippen molar-refractivity contribution in [2.75, 3.05) is 19.0 Å². The van der Waals surface area contributed by atoms with E-state index in [1.54, 1.807) is 0 Å². The topological polar surface area (TPSA) is 107 Å². The first kappa shape index (κ1) is 96.6. The van der Waals surface area contributed by atoms with Crippen molar-refractivity contribution in [1.82, 2.24) is 0 Å². The van der Waals surface area contributed by atoms with Gasteiger partial charge in [0.1, 0.15) is 33.5 Å². The van der Waals surface area contributed by atoms with E-state index in [9.17, 15) is 0 Å². The van der Waals surface area contributed by atoms with Gasteiger partial charge < -0.3 is 25.2 Å². The van der Waals surface area contributed by atoms with E-state index >= 15 is 0 Å². The molecule has 3 saturated heterocycles. The monoisotopic (exact) mass is 1870 g/mol. The summed E-state index contributed by atoms with van der Waals surface area (Å²) >= 11 is 0. The highest BCUT2D eigenvalue weighted by Crippen LogP contribution is 2.73. The third-order valence-corrected chi connectivity index (χ3v) is 39.7. The first-order chi connectivity index (χ1) is 62.7. The zero-order chi connectivity index (χ0) is 93.7. The maximum atomic E-state index is 6.93. The van der Waals surface area contributed by atoms with Gasteiger partial charge in [0.05, 0.1) is 19.0 Å². The number of hydrogen-bond donors (Lipinski definition) is 0. The van der Waals surface area contributed by atoms with E-state index in [4.69, 9.17) is 38.8 Å². The predicted octanol–water partition coefficient (Wildman–Crippen LogP) is 37.9. The molecule has 12 aromatic carbocycles. The highest BCUT2D eigenvalue weighted by atomic mass is 31.1. The molecule has 15 heteroatoms. The van der Waals surface area contributed by atoms with Gasteiger partial charge in [-0.05, 0) is 216 Å². The van der Waals surface area contributed by atoms with Crippen LogP contribution in [0.2, 0.25) is 0 Å². The van der Waals surface area contributed by atoms with Gasteiger partial charge in [-0.1, -0.05) is 367 Å². The minimum Gasteiger partial charge on any atom is -0.399 e. The summed E-state index contributed by atoms with van der Waals surface area (Å²) in [6.07, 6.45) is 8.94. The van der Waals surface area contributed by atoms with Gasteiger partial charge >= 0.3 is 24.7 Å². The normalized spacial score (nSPS) is 18.3. The molecule has 3 aliphatic rings. The summed E-state index contributed by atoms with van der Waals surface area (Å²) in [6.45, 7) is 53.7. The second kappa shape index (κ2) is 39.7. The average molecular weight is 1870 g/mol. The molecule has 18 rings (SSSR count). The van der Waals surface area contributed by atoms with E-state index in [2.05, 4.69) is 421 Å². The Morgan fingerprint density at radius 1 is 0.212 bits per heavy atom. The van der Waals surface area contributed by atoms with Crippen molar-refractivity contribution < 1.29 is 38.8 Å². The Bertz CT molecular complexity index is 5690. The van der Waals surface area contributed by atoms with Crippen LogP contribution in [-0.4, -0.2) is 19.0 Å². The van der Waals surface area contributed by atoms with Crippen molar-refractivity contribution in [3.8, 4) is 0 Å². The van der Waals surface area contributed by atoms with Gasteiger partial charge in [-0.2, -0.15) is 0 Å². The van der Waals surface area contributed by atoms with Crippen molar-refractivity contribution >= 4 is 114 Å². The highest BCUT2D eigenvalue weighted by molar-refractivity contribution is 7.59. The third-order valence-electron chi connectivity index (χ3n) is 26.7. The Hall–Kier alpha value is -8.49. The maximum Gasteiger partial charge on any atom is 0.387 e. The molecule has 132 heavy (non-hydrogen) atoms. The Morgan fingerprint density at radius 2 is 0.348 bits per heavy atom. The fourth-order valence-corrected chi connectivity index (χ4v) is 33.9. The van der Waals surface area contributed by atoms with Crippen LogP contribution in [-0.2, 0) is 32.5 Å². The van der Waals surface area contributed by atoms with Crippen LogP contribution in [0.3, 0.4) is 0 Å². The average Bonchev–Trinajstić information content (AvgIpc) is 1.55. The molecule has 0 aliphatic carbocycles. The Balaban J connectivity index is 0.000000144. The first-order valence-electron chi connectivity index (χ1n) is 47.6. The van der Waals surface area contributed by atoms with Crippen LogP contribution in [0.5, 0.6) is 0 Å². The lowest BCUT2D eigenvalue weighted by Crippen LogP contribution is -2.12. The number of benzene rings is 12. The van der Waals surface area contributed by atoms with Crippen molar-refractivity contribution in [3.05, 3.63) is 355 Å². The number of rotatable bonds is 15. The zero-order valence-corrected chi connectivity index (χ0v) is 87.8. The number of aryl methyl sites for hydroxylation is 6. The molecule has 0 saturated carbocycles. The van der Waals surface area contributed by atoms with Crippen LogP contribution in [0.1, 0.15) is 297 Å². The number of fused-ring (bicyclic) bond motifs is 9. The van der Waals surface area contributed by atoms with Crippen LogP contribution in [0, 0.1) is 41.5 Å². The van der Waals surface area contributed by atoms with E-state index in [-0.39, 0.29) is 32.5 Å². The van der Waals surface area contributed by atoms with Crippen LogP contribution < -0.4 is 13.6 Å². The molecule has 3 aromatic heterocycles. The van der Waals surface area contributed by atoms with Gasteiger partial charge in [0.2, 0.25) is 0 Å². The van der Waals surface area contributed by atoms with Crippen molar-refractivity contribution in [2.24, 2.45) is 0 Å². The summed E-state index contributed by atoms with van der Waals surface area (Å²) in [5.74, 6) is 0. The SMILES string of the molecule is Cc1cc(C(C)(C)C)c2op(OCP3[C@@H](c4ccccc4)CC[C@H]3c3ccccc3)oc3c(C(C)(C)C)cc(C)cc3c2c1.Cc1cc(C(C)(C)C)c2op(OCP3[C@H](c4ccccc4)CC[C@H]3c3ccccc3)oc3c(C(C)(C)C)cc(C)cc3c2c1.Cc1cc(C(C)(C)C)c2op(OCP3[C@H](c4ccccc4)CC[C@H]3c3ccccc3)oc3c(C(C)(C)C)cc(C)cc3c2c1. The van der Waals surface area contributed by atoms with Crippen molar-refractivity contribution in [1.29, 1.82) is 0 Å². The maximum absolute atomic E-state index is 6.93. The van der Waals surface area contributed by atoms with E-state index in [0.717, 1.165) is 65.8 Å². The molecule has 15 aromatic rings. The number of hydrogen-bond acceptors (Lipinski definition) is 9. The van der Waals surface area contributed by atoms with Gasteiger partial charge in [-0.15, -0.1) is 0 Å². The fraction of sp³-hybridized carbons (Fsp3) is 0.385. The summed E-state index contributed by atoms with van der Waals surface area (Å²) in [4.78, 5) is 0. The smallest absolute Gasteiger partial charge is 0.387 e. The van der Waals surface area contributed by atoms with Crippen LogP contribution >= 0.6 is 48.5 Å². The van der Waals surface area contributed by atoms with Crippen LogP contribution in [0.15, 0.2) is 280 Å². The highest BCUT2D eigenvalue weighted by Gasteiger charge is 2.42. The molecule has 3 aliphatic heterocycles. The quantitative estimate of drug-likeness (QED) is 0.0928. The Kier molecular flexibility index (Phi) is 29.0. The third kappa shape index (κ3) is 21.6. The van der Waals surface area contributed by atoms with Gasteiger partial charge in [0.15, 0.2) is 0 Å². The largest absolute Gasteiger partial charge is 0.399 e. The molecule has 3 fully saturated rings. The molecule has 0 N–H and O–H groups in total. The van der Waals surface area contributed by atoms with Crippen molar-refractivity contribution in [3.63, 3.8) is 0 Å². The second-order valence-corrected chi connectivity index (χ2v) is 54.3. The molecular weight excluding hydrogens is 1740 g/mol. The Labute approximate surface area is 792 Å². The molecule has 0 spiro atoms. The van der Waals surface area contributed by atoms with Gasteiger partial charge in [-0.3, -0.25) is 13.6 Å². The minimum atomic E-state index is -1.69. The van der Waals surface area contributed by atoms with E-state index < -0.39 is 48.5 Å². The van der Waals surface area contributed by atoms with Crippen LogP contribution in [0.25, 0.3) is 65.8 Å². The van der Waals surface area contributed by atoms with E-state index in [1.807, 2.05) is 0 Å². The lowest BCUT2D eigenvalue weighted by atomic mass is 9.83.